The van der Waals surface area contributed by atoms with E-state index in [0.717, 1.165) is 12.1 Å². The third-order valence-corrected chi connectivity index (χ3v) is 5.44. The first-order chi connectivity index (χ1) is 12.2. The molecule has 1 aliphatic carbocycles. The van der Waals surface area contributed by atoms with Crippen molar-refractivity contribution in [3.63, 3.8) is 0 Å². The highest BCUT2D eigenvalue weighted by atomic mass is 35.5. The molecule has 0 bridgehead atoms. The maximum Gasteiger partial charge on any atom is 0.174 e. The number of hydrogen-bond donors (Lipinski definition) is 1. The molecule has 2 aliphatic rings. The molecule has 0 unspecified atom stereocenters. The Hall–Kier alpha value is -2.15. The van der Waals surface area contributed by atoms with Crippen LogP contribution >= 0.6 is 23.2 Å². The first kappa shape index (κ1) is 16.3. The summed E-state index contributed by atoms with van der Waals surface area (Å²) in [6.45, 7) is 0.0549. The highest BCUT2D eigenvalue weighted by Gasteiger charge is 2.38. The molecule has 4 rings (SSSR count). The molecule has 1 N–H and O–H groups in total. The van der Waals surface area contributed by atoms with E-state index in [9.17, 15) is 0 Å². The average molecular weight is 371 g/mol. The lowest BCUT2D eigenvalue weighted by molar-refractivity contribution is 0.367. The number of nitrogens with one attached hydrogen (secondary N) is 1. The van der Waals surface area contributed by atoms with Crippen molar-refractivity contribution >= 4 is 28.9 Å². The predicted octanol–water partition coefficient (Wildman–Crippen LogP) is 5.72. The lowest BCUT2D eigenvalue weighted by Gasteiger charge is -2.38. The summed E-state index contributed by atoms with van der Waals surface area (Å²) < 4.78 is 5.34. The van der Waals surface area contributed by atoms with Gasteiger partial charge in [-0.05, 0) is 47.7 Å². The highest BCUT2D eigenvalue weighted by molar-refractivity contribution is 6.36. The van der Waals surface area contributed by atoms with Crippen molar-refractivity contribution in [2.75, 3.05) is 11.9 Å². The fraction of sp³-hybridized carbons (Fsp3) is 0.250. The van der Waals surface area contributed by atoms with Gasteiger partial charge in [0.05, 0.1) is 16.8 Å². The molecule has 3 nitrogen and oxygen atoms in total. The minimum absolute atomic E-state index is 0.0549. The molecule has 0 aromatic heterocycles. The molecule has 0 saturated heterocycles. The second kappa shape index (κ2) is 6.63. The van der Waals surface area contributed by atoms with E-state index < -0.39 is 0 Å². The van der Waals surface area contributed by atoms with Crippen LogP contribution < -0.4 is 10.1 Å². The molecule has 1 heterocycles. The van der Waals surface area contributed by atoms with E-state index >= 15 is 0 Å². The van der Waals surface area contributed by atoms with Crippen LogP contribution in [0.3, 0.4) is 0 Å². The van der Waals surface area contributed by atoms with Crippen LogP contribution in [0.1, 0.15) is 29.5 Å². The van der Waals surface area contributed by atoms with Crippen LogP contribution in [0.15, 0.2) is 48.6 Å². The van der Waals surface area contributed by atoms with Gasteiger partial charge in [-0.3, -0.25) is 0 Å². The molecule has 1 aliphatic heterocycles. The third kappa shape index (κ3) is 2.97. The van der Waals surface area contributed by atoms with Gasteiger partial charge in [0.15, 0.2) is 6.61 Å². The number of benzene rings is 2. The van der Waals surface area contributed by atoms with Gasteiger partial charge >= 0.3 is 0 Å². The molecule has 0 amide bonds. The van der Waals surface area contributed by atoms with Crippen LogP contribution in [-0.4, -0.2) is 6.61 Å². The Balaban J connectivity index is 1.68. The summed E-state index contributed by atoms with van der Waals surface area (Å²) in [5.74, 6) is 1.44. The van der Waals surface area contributed by atoms with Crippen LogP contribution in [0, 0.1) is 17.2 Å². The zero-order chi connectivity index (χ0) is 17.4. The largest absolute Gasteiger partial charge is 0.479 e. The Labute approximate surface area is 156 Å². The Kier molecular flexibility index (Phi) is 4.33. The molecule has 3 atom stereocenters. The minimum Gasteiger partial charge on any atom is -0.479 e. The number of nitrogens with zero attached hydrogens (tertiary/aromatic N) is 1. The Morgan fingerprint density at radius 1 is 1.20 bits per heavy atom. The number of fused-ring (bicyclic) bond motifs is 3. The number of hydrogen-bond acceptors (Lipinski definition) is 3. The van der Waals surface area contributed by atoms with Crippen LogP contribution in [0.5, 0.6) is 5.75 Å². The molecule has 25 heavy (non-hydrogen) atoms. The van der Waals surface area contributed by atoms with Gasteiger partial charge in [0.2, 0.25) is 0 Å². The number of allylic oxidation sites excluding steroid dienone is 2. The molecule has 0 spiro atoms. The second-order valence-corrected chi connectivity index (χ2v) is 7.19. The maximum absolute atomic E-state index is 8.61. The molecule has 0 radical (unpaired) electrons. The molecule has 5 heteroatoms. The topological polar surface area (TPSA) is 45.0 Å². The van der Waals surface area contributed by atoms with E-state index in [4.69, 9.17) is 33.2 Å². The van der Waals surface area contributed by atoms with Crippen molar-refractivity contribution in [2.45, 2.75) is 18.4 Å². The number of rotatable bonds is 3. The van der Waals surface area contributed by atoms with Crippen molar-refractivity contribution in [3.05, 3.63) is 69.7 Å². The van der Waals surface area contributed by atoms with Crippen LogP contribution in [0.4, 0.5) is 5.69 Å². The summed E-state index contributed by atoms with van der Waals surface area (Å²) in [7, 11) is 0. The lowest BCUT2D eigenvalue weighted by Crippen LogP contribution is -2.29. The van der Waals surface area contributed by atoms with Gasteiger partial charge in [0.25, 0.3) is 0 Å². The van der Waals surface area contributed by atoms with Gasteiger partial charge in [0, 0.05) is 10.9 Å². The first-order valence-corrected chi connectivity index (χ1v) is 8.95. The fourth-order valence-electron chi connectivity index (χ4n) is 3.84. The minimum atomic E-state index is 0.0549. The molecule has 2 aromatic carbocycles. The number of halogens is 2. The summed E-state index contributed by atoms with van der Waals surface area (Å²) >= 11 is 12.7. The van der Waals surface area contributed by atoms with Gasteiger partial charge in [0.1, 0.15) is 11.8 Å². The standard InChI is InChI=1S/C20H16Cl2N2O/c21-13-10-17-15-2-1-3-16(15)19(24-20(17)18(22)11-13)12-4-6-14(7-5-12)25-9-8-23/h1-2,4-7,10-11,15-16,19,24H,3,9H2/t15-,16-,19+/m0/s1. The summed E-state index contributed by atoms with van der Waals surface area (Å²) in [5, 5.41) is 13.6. The normalized spacial score (nSPS) is 23.3. The molecule has 0 fully saturated rings. The van der Waals surface area contributed by atoms with Crippen molar-refractivity contribution in [1.29, 1.82) is 5.26 Å². The highest BCUT2D eigenvalue weighted by Crippen LogP contribution is 2.52. The maximum atomic E-state index is 8.61. The van der Waals surface area contributed by atoms with E-state index in [1.165, 1.54) is 11.1 Å². The summed E-state index contributed by atoms with van der Waals surface area (Å²) in [5.41, 5.74) is 3.31. The van der Waals surface area contributed by atoms with Gasteiger partial charge < -0.3 is 10.1 Å². The van der Waals surface area contributed by atoms with E-state index in [1.54, 1.807) is 6.07 Å². The molecule has 0 saturated carbocycles. The monoisotopic (exact) mass is 370 g/mol. The van der Waals surface area contributed by atoms with E-state index in [2.05, 4.69) is 29.6 Å². The second-order valence-electron chi connectivity index (χ2n) is 6.34. The van der Waals surface area contributed by atoms with Gasteiger partial charge in [-0.15, -0.1) is 0 Å². The SMILES string of the molecule is N#CCOc1ccc([C@H]2Nc3c(Cl)cc(Cl)cc3[C@H]3C=CC[C@@H]32)cc1. The zero-order valence-corrected chi connectivity index (χ0v) is 14.9. The summed E-state index contributed by atoms with van der Waals surface area (Å²) in [6, 6.07) is 13.8. The van der Waals surface area contributed by atoms with E-state index in [-0.39, 0.29) is 12.6 Å². The number of anilines is 1. The Bertz CT molecular complexity index is 871. The van der Waals surface area contributed by atoms with Crippen molar-refractivity contribution in [3.8, 4) is 11.8 Å². The van der Waals surface area contributed by atoms with E-state index in [1.807, 2.05) is 24.3 Å². The first-order valence-electron chi connectivity index (χ1n) is 8.19. The Morgan fingerprint density at radius 2 is 2.00 bits per heavy atom. The molecular weight excluding hydrogens is 355 g/mol. The van der Waals surface area contributed by atoms with Crippen LogP contribution in [-0.2, 0) is 0 Å². The summed E-state index contributed by atoms with van der Waals surface area (Å²) in [4.78, 5) is 0. The average Bonchev–Trinajstić information content (AvgIpc) is 3.10. The fourth-order valence-corrected chi connectivity index (χ4v) is 4.40. The molecule has 126 valence electrons. The van der Waals surface area contributed by atoms with Crippen molar-refractivity contribution < 1.29 is 4.74 Å². The van der Waals surface area contributed by atoms with Crippen molar-refractivity contribution in [2.24, 2.45) is 5.92 Å². The summed E-state index contributed by atoms with van der Waals surface area (Å²) in [6.07, 6.45) is 5.51. The Morgan fingerprint density at radius 3 is 2.76 bits per heavy atom. The smallest absolute Gasteiger partial charge is 0.174 e. The third-order valence-electron chi connectivity index (χ3n) is 4.93. The van der Waals surface area contributed by atoms with Crippen LogP contribution in [0.2, 0.25) is 10.0 Å². The van der Waals surface area contributed by atoms with Crippen LogP contribution in [0.25, 0.3) is 0 Å². The van der Waals surface area contributed by atoms with Gasteiger partial charge in [-0.2, -0.15) is 5.26 Å². The number of nitriles is 1. The predicted molar refractivity (Wildman–Crippen MR) is 100 cm³/mol. The van der Waals surface area contributed by atoms with E-state index in [0.29, 0.717) is 27.6 Å². The zero-order valence-electron chi connectivity index (χ0n) is 13.4. The van der Waals surface area contributed by atoms with Gasteiger partial charge in [-0.25, -0.2) is 0 Å². The quantitative estimate of drug-likeness (QED) is 0.702. The lowest BCUT2D eigenvalue weighted by atomic mass is 9.77. The number of ether oxygens (including phenoxy) is 1. The molecular formula is C20H16Cl2N2O. The van der Waals surface area contributed by atoms with Gasteiger partial charge in [-0.1, -0.05) is 47.5 Å². The van der Waals surface area contributed by atoms with Crippen molar-refractivity contribution in [1.82, 2.24) is 0 Å². The molecule has 2 aromatic rings.